The number of hydrogen-bond acceptors (Lipinski definition) is 4. The van der Waals surface area contributed by atoms with Crippen LogP contribution in [0, 0.1) is 5.92 Å². The van der Waals surface area contributed by atoms with E-state index in [-0.39, 0.29) is 25.6 Å². The molecule has 9 nitrogen and oxygen atoms in total. The average molecular weight is 490 g/mol. The summed E-state index contributed by atoms with van der Waals surface area (Å²) in [7, 11) is 0. The van der Waals surface area contributed by atoms with Gasteiger partial charge in [-0.05, 0) is 42.3 Å². The van der Waals surface area contributed by atoms with Gasteiger partial charge in [-0.3, -0.25) is 5.32 Å². The maximum absolute atomic E-state index is 13.3. The van der Waals surface area contributed by atoms with E-state index in [0.29, 0.717) is 17.1 Å². The number of ether oxygens (including phenoxy) is 1. The van der Waals surface area contributed by atoms with Gasteiger partial charge in [0, 0.05) is 23.6 Å². The zero-order chi connectivity index (χ0) is 25.8. The summed E-state index contributed by atoms with van der Waals surface area (Å²) in [5.74, 6) is 0.0563. The maximum Gasteiger partial charge on any atom is 0.411 e. The topological polar surface area (TPSA) is 103 Å². The zero-order valence-electron chi connectivity index (χ0n) is 20.4. The Bertz CT molecular complexity index is 1110. The van der Waals surface area contributed by atoms with Crippen LogP contribution in [-0.2, 0) is 4.74 Å². The van der Waals surface area contributed by atoms with Gasteiger partial charge in [0.1, 0.15) is 6.61 Å². The van der Waals surface area contributed by atoms with Crippen molar-refractivity contribution in [3.63, 3.8) is 0 Å². The van der Waals surface area contributed by atoms with Crippen LogP contribution in [0.25, 0.3) is 0 Å². The van der Waals surface area contributed by atoms with E-state index in [2.05, 4.69) is 16.0 Å². The van der Waals surface area contributed by atoms with Crippen LogP contribution in [-0.4, -0.2) is 47.9 Å². The molecule has 0 heterocycles. The van der Waals surface area contributed by atoms with Crippen molar-refractivity contribution in [2.45, 2.75) is 13.8 Å². The fourth-order valence-electron chi connectivity index (χ4n) is 3.29. The number of rotatable bonds is 8. The Morgan fingerprint density at radius 1 is 0.667 bits per heavy atom. The van der Waals surface area contributed by atoms with E-state index in [0.717, 1.165) is 0 Å². The fraction of sp³-hybridized carbons (Fsp3) is 0.222. The van der Waals surface area contributed by atoms with Crippen molar-refractivity contribution >= 4 is 35.2 Å². The minimum Gasteiger partial charge on any atom is -0.447 e. The smallest absolute Gasteiger partial charge is 0.411 e. The molecule has 3 rings (SSSR count). The van der Waals surface area contributed by atoms with Crippen molar-refractivity contribution < 1.29 is 19.1 Å². The quantitative estimate of drug-likeness (QED) is 0.344. The van der Waals surface area contributed by atoms with Crippen LogP contribution in [0.1, 0.15) is 13.8 Å². The molecule has 0 radical (unpaired) electrons. The van der Waals surface area contributed by atoms with Crippen molar-refractivity contribution in [2.75, 3.05) is 35.6 Å². The molecule has 5 amide bonds. The van der Waals surface area contributed by atoms with Crippen molar-refractivity contribution in [2.24, 2.45) is 5.92 Å². The second kappa shape index (κ2) is 13.4. The second-order valence-electron chi connectivity index (χ2n) is 8.32. The molecule has 0 aliphatic rings. The highest BCUT2D eigenvalue weighted by molar-refractivity contribution is 5.94. The summed E-state index contributed by atoms with van der Waals surface area (Å²) < 4.78 is 5.30. The summed E-state index contributed by atoms with van der Waals surface area (Å²) in [6.45, 7) is 3.97. The van der Waals surface area contributed by atoms with E-state index < -0.39 is 18.2 Å². The van der Waals surface area contributed by atoms with E-state index in [1.54, 1.807) is 60.7 Å². The third kappa shape index (κ3) is 8.35. The molecule has 9 heteroatoms. The molecule has 3 aromatic rings. The first-order chi connectivity index (χ1) is 17.4. The number of nitrogens with zero attached hydrogens (tertiary/aromatic N) is 2. The molecule has 0 aliphatic carbocycles. The lowest BCUT2D eigenvalue weighted by atomic mass is 10.2. The van der Waals surface area contributed by atoms with Gasteiger partial charge < -0.3 is 15.4 Å². The van der Waals surface area contributed by atoms with Gasteiger partial charge in [-0.15, -0.1) is 0 Å². The minimum atomic E-state index is -0.659. The lowest BCUT2D eigenvalue weighted by Gasteiger charge is -2.35. The number of nitrogens with one attached hydrogen (secondary N) is 3. The van der Waals surface area contributed by atoms with Gasteiger partial charge in [-0.1, -0.05) is 68.4 Å². The fourth-order valence-corrected chi connectivity index (χ4v) is 3.29. The lowest BCUT2D eigenvalue weighted by Crippen LogP contribution is -2.55. The summed E-state index contributed by atoms with van der Waals surface area (Å²) >= 11 is 0. The van der Waals surface area contributed by atoms with Crippen LogP contribution < -0.4 is 16.0 Å². The van der Waals surface area contributed by atoms with Gasteiger partial charge in [0.05, 0.1) is 6.54 Å². The molecule has 36 heavy (non-hydrogen) atoms. The maximum atomic E-state index is 13.3. The molecular weight excluding hydrogens is 458 g/mol. The van der Waals surface area contributed by atoms with Crippen molar-refractivity contribution in [1.82, 2.24) is 10.0 Å². The molecule has 0 saturated carbocycles. The number of amides is 5. The van der Waals surface area contributed by atoms with Gasteiger partial charge in [-0.25, -0.2) is 24.4 Å². The number of hydrazine groups is 1. The number of carbonyl (C=O) groups excluding carboxylic acids is 3. The Labute approximate surface area is 211 Å². The Morgan fingerprint density at radius 2 is 1.08 bits per heavy atom. The average Bonchev–Trinajstić information content (AvgIpc) is 2.87. The summed E-state index contributed by atoms with van der Waals surface area (Å²) in [6, 6.07) is 25.8. The highest BCUT2D eigenvalue weighted by Gasteiger charge is 2.27. The molecule has 0 atom stereocenters. The molecule has 0 unspecified atom stereocenters. The second-order valence-corrected chi connectivity index (χ2v) is 8.32. The van der Waals surface area contributed by atoms with E-state index in [1.165, 1.54) is 10.0 Å². The first-order valence-corrected chi connectivity index (χ1v) is 11.7. The van der Waals surface area contributed by atoms with Crippen molar-refractivity contribution in [1.29, 1.82) is 0 Å². The summed E-state index contributed by atoms with van der Waals surface area (Å²) in [5.41, 5.74) is 1.76. The number of hydrogen-bond donors (Lipinski definition) is 3. The summed E-state index contributed by atoms with van der Waals surface area (Å²) in [6.07, 6.45) is -0.659. The van der Waals surface area contributed by atoms with Crippen LogP contribution in [0.2, 0.25) is 0 Å². The zero-order valence-corrected chi connectivity index (χ0v) is 20.4. The van der Waals surface area contributed by atoms with E-state index >= 15 is 0 Å². The Kier molecular flexibility index (Phi) is 9.69. The van der Waals surface area contributed by atoms with E-state index in [1.807, 2.05) is 44.2 Å². The number of anilines is 3. The third-order valence-electron chi connectivity index (χ3n) is 4.90. The summed E-state index contributed by atoms with van der Waals surface area (Å²) in [5, 5.41) is 10.8. The molecule has 0 aromatic heterocycles. The van der Waals surface area contributed by atoms with Crippen LogP contribution in [0.15, 0.2) is 91.0 Å². The van der Waals surface area contributed by atoms with Gasteiger partial charge in [0.15, 0.2) is 0 Å². The number of benzene rings is 3. The van der Waals surface area contributed by atoms with E-state index in [4.69, 9.17) is 4.74 Å². The van der Waals surface area contributed by atoms with Crippen LogP contribution in [0.3, 0.4) is 0 Å². The van der Waals surface area contributed by atoms with Gasteiger partial charge in [-0.2, -0.15) is 0 Å². The molecule has 3 N–H and O–H groups in total. The largest absolute Gasteiger partial charge is 0.447 e. The van der Waals surface area contributed by atoms with Crippen LogP contribution in [0.5, 0.6) is 0 Å². The molecular formula is C27H31N5O4. The molecule has 0 bridgehead atoms. The Morgan fingerprint density at radius 3 is 1.53 bits per heavy atom. The predicted molar refractivity (Wildman–Crippen MR) is 141 cm³/mol. The third-order valence-corrected chi connectivity index (χ3v) is 4.90. The monoisotopic (exact) mass is 489 g/mol. The highest BCUT2D eigenvalue weighted by atomic mass is 16.5. The number of urea groups is 2. The molecule has 3 aromatic carbocycles. The SMILES string of the molecule is CC(C)CN(C(=O)Nc1ccccc1)N(CCOC(=O)Nc1ccccc1)C(=O)Nc1ccccc1. The van der Waals surface area contributed by atoms with Crippen LogP contribution >= 0.6 is 0 Å². The molecule has 188 valence electrons. The van der Waals surface area contributed by atoms with Gasteiger partial charge in [0.25, 0.3) is 0 Å². The lowest BCUT2D eigenvalue weighted by molar-refractivity contribution is 0.0352. The van der Waals surface area contributed by atoms with Gasteiger partial charge >= 0.3 is 18.2 Å². The van der Waals surface area contributed by atoms with E-state index in [9.17, 15) is 14.4 Å². The molecule has 0 spiro atoms. The first kappa shape index (κ1) is 26.1. The molecule has 0 aliphatic heterocycles. The number of carbonyl (C=O) groups is 3. The van der Waals surface area contributed by atoms with Crippen molar-refractivity contribution in [3.8, 4) is 0 Å². The number of para-hydroxylation sites is 3. The normalized spacial score (nSPS) is 10.3. The predicted octanol–water partition coefficient (Wildman–Crippen LogP) is 5.87. The van der Waals surface area contributed by atoms with Crippen molar-refractivity contribution in [3.05, 3.63) is 91.0 Å². The minimum absolute atomic E-state index is 0.0458. The standard InChI is InChI=1S/C27H31N5O4/c1-21(2)20-32(26(34)29-23-14-8-4-9-15-23)31(25(33)28-22-12-6-3-7-13-22)18-19-36-27(35)30-24-16-10-5-11-17-24/h3-17,21H,18-20H2,1-2H3,(H,28,33)(H,29,34)(H,30,35). The van der Waals surface area contributed by atoms with Crippen LogP contribution in [0.4, 0.5) is 31.4 Å². The van der Waals surface area contributed by atoms with Gasteiger partial charge in [0.2, 0.25) is 0 Å². The Hall–Kier alpha value is -4.53. The highest BCUT2D eigenvalue weighted by Crippen LogP contribution is 2.14. The Balaban J connectivity index is 1.74. The molecule has 0 fully saturated rings. The molecule has 0 saturated heterocycles. The first-order valence-electron chi connectivity index (χ1n) is 11.7. The summed E-state index contributed by atoms with van der Waals surface area (Å²) in [4.78, 5) is 38.8.